The number of benzene rings is 1. The minimum absolute atomic E-state index is 0.186. The molecular weight excluding hydrogens is 242 g/mol. The quantitative estimate of drug-likeness (QED) is 0.762. The fraction of sp³-hybridized carbons (Fsp3) is 0.533. The van der Waals surface area contributed by atoms with Crippen molar-refractivity contribution in [3.05, 3.63) is 34.6 Å². The molecule has 0 aliphatic carbocycles. The highest BCUT2D eigenvalue weighted by Crippen LogP contribution is 2.20. The molecule has 0 bridgehead atoms. The Balaban J connectivity index is 2.20. The molecule has 1 aromatic carbocycles. The summed E-state index contributed by atoms with van der Waals surface area (Å²) in [5, 5.41) is 0.868. The predicted molar refractivity (Wildman–Crippen MR) is 79.4 cm³/mol. The van der Waals surface area contributed by atoms with Crippen LogP contribution in [0.25, 0.3) is 10.1 Å². The molecule has 1 unspecified atom stereocenters. The third kappa shape index (κ3) is 2.83. The van der Waals surface area contributed by atoms with Gasteiger partial charge in [-0.15, -0.1) is 0 Å². The van der Waals surface area contributed by atoms with E-state index in [4.69, 9.17) is 0 Å². The summed E-state index contributed by atoms with van der Waals surface area (Å²) in [5.74, 6) is 0.635. The van der Waals surface area contributed by atoms with Crippen LogP contribution in [0.1, 0.15) is 39.5 Å². The van der Waals surface area contributed by atoms with Crippen LogP contribution in [0, 0.1) is 5.92 Å². The average molecular weight is 263 g/mol. The maximum Gasteiger partial charge on any atom is 0.268 e. The normalized spacial score (nSPS) is 13.0. The maximum atomic E-state index is 12.2. The van der Waals surface area contributed by atoms with Gasteiger partial charge in [0.1, 0.15) is 0 Å². The number of nitrogens with zero attached hydrogens (tertiary/aromatic N) is 1. The lowest BCUT2D eigenvalue weighted by atomic mass is 10.00. The molecule has 1 heterocycles. The molecule has 0 aliphatic heterocycles. The van der Waals surface area contributed by atoms with Crippen LogP contribution in [-0.4, -0.2) is 3.96 Å². The first-order chi connectivity index (χ1) is 8.76. The molecular formula is C15H21NOS. The van der Waals surface area contributed by atoms with E-state index in [1.165, 1.54) is 19.3 Å². The fourth-order valence-electron chi connectivity index (χ4n) is 2.29. The van der Waals surface area contributed by atoms with E-state index in [1.807, 2.05) is 28.2 Å². The smallest absolute Gasteiger partial charge is 0.268 e. The second-order valence-corrected chi connectivity index (χ2v) is 5.93. The van der Waals surface area contributed by atoms with Crippen molar-refractivity contribution in [1.82, 2.24) is 3.96 Å². The molecule has 0 saturated heterocycles. The summed E-state index contributed by atoms with van der Waals surface area (Å²) >= 11 is 1.61. The van der Waals surface area contributed by atoms with Crippen LogP contribution in [0.4, 0.5) is 0 Å². The van der Waals surface area contributed by atoms with Gasteiger partial charge in [-0.1, -0.05) is 56.8 Å². The standard InChI is InChI=1S/C15H21NOS/c1-3-5-8-12(4-2)11-16-15(17)13-9-6-7-10-14(13)18-16/h6-7,9-10,12H,3-5,8,11H2,1-2H3. The van der Waals surface area contributed by atoms with Gasteiger partial charge in [-0.25, -0.2) is 0 Å². The molecule has 0 saturated carbocycles. The van der Waals surface area contributed by atoms with Gasteiger partial charge in [-0.3, -0.25) is 8.75 Å². The molecule has 0 spiro atoms. The Morgan fingerprint density at radius 3 is 2.72 bits per heavy atom. The molecule has 0 fully saturated rings. The monoisotopic (exact) mass is 263 g/mol. The maximum absolute atomic E-state index is 12.2. The topological polar surface area (TPSA) is 22.0 Å². The zero-order valence-electron chi connectivity index (χ0n) is 11.2. The first-order valence-electron chi connectivity index (χ1n) is 6.85. The molecule has 2 aromatic rings. The Labute approximate surface area is 112 Å². The largest absolute Gasteiger partial charge is 0.268 e. The predicted octanol–water partition coefficient (Wildman–Crippen LogP) is 4.28. The molecule has 2 nitrogen and oxygen atoms in total. The molecule has 2 rings (SSSR count). The van der Waals surface area contributed by atoms with Gasteiger partial charge in [0.15, 0.2) is 0 Å². The van der Waals surface area contributed by atoms with Gasteiger partial charge in [0.05, 0.1) is 10.1 Å². The first kappa shape index (κ1) is 13.3. The number of hydrogen-bond acceptors (Lipinski definition) is 2. The number of fused-ring (bicyclic) bond motifs is 1. The Kier molecular flexibility index (Phi) is 4.59. The van der Waals surface area contributed by atoms with E-state index in [0.29, 0.717) is 5.92 Å². The average Bonchev–Trinajstić information content (AvgIpc) is 2.72. The lowest BCUT2D eigenvalue weighted by Gasteiger charge is -2.13. The highest BCUT2D eigenvalue weighted by Gasteiger charge is 2.11. The molecule has 98 valence electrons. The van der Waals surface area contributed by atoms with Crippen molar-refractivity contribution in [3.8, 4) is 0 Å². The third-order valence-corrected chi connectivity index (χ3v) is 4.61. The van der Waals surface area contributed by atoms with Crippen molar-refractivity contribution in [2.24, 2.45) is 5.92 Å². The van der Waals surface area contributed by atoms with Crippen LogP contribution in [0.5, 0.6) is 0 Å². The summed E-state index contributed by atoms with van der Waals surface area (Å²) in [5.41, 5.74) is 0.186. The van der Waals surface area contributed by atoms with Crippen molar-refractivity contribution in [3.63, 3.8) is 0 Å². The third-order valence-electron chi connectivity index (χ3n) is 3.52. The Bertz CT molecular complexity index is 555. The molecule has 1 aromatic heterocycles. The Hall–Kier alpha value is -1.09. The molecule has 1 atom stereocenters. The summed E-state index contributed by atoms with van der Waals surface area (Å²) in [4.78, 5) is 12.2. The van der Waals surface area contributed by atoms with Crippen molar-refractivity contribution < 1.29 is 0 Å². The highest BCUT2D eigenvalue weighted by atomic mass is 32.1. The second-order valence-electron chi connectivity index (χ2n) is 4.87. The SMILES string of the molecule is CCCCC(CC)Cn1sc2ccccc2c1=O. The summed E-state index contributed by atoms with van der Waals surface area (Å²) in [6, 6.07) is 7.90. The van der Waals surface area contributed by atoms with Gasteiger partial charge in [-0.2, -0.15) is 0 Å². The van der Waals surface area contributed by atoms with Gasteiger partial charge in [0.25, 0.3) is 5.56 Å². The summed E-state index contributed by atoms with van der Waals surface area (Å²) in [6.45, 7) is 5.33. The lowest BCUT2D eigenvalue weighted by Crippen LogP contribution is -2.18. The minimum atomic E-state index is 0.186. The summed E-state index contributed by atoms with van der Waals surface area (Å²) < 4.78 is 3.04. The summed E-state index contributed by atoms with van der Waals surface area (Å²) in [6.07, 6.45) is 4.88. The van der Waals surface area contributed by atoms with Gasteiger partial charge in [-0.05, 0) is 24.5 Å². The van der Waals surface area contributed by atoms with E-state index < -0.39 is 0 Å². The van der Waals surface area contributed by atoms with E-state index >= 15 is 0 Å². The molecule has 18 heavy (non-hydrogen) atoms. The molecule has 0 radical (unpaired) electrons. The van der Waals surface area contributed by atoms with Gasteiger partial charge in [0.2, 0.25) is 0 Å². The number of unbranched alkanes of at least 4 members (excludes halogenated alkanes) is 1. The van der Waals surface area contributed by atoms with Gasteiger partial charge >= 0.3 is 0 Å². The number of rotatable bonds is 6. The van der Waals surface area contributed by atoms with Crippen LogP contribution >= 0.6 is 11.5 Å². The van der Waals surface area contributed by atoms with Crippen LogP contribution < -0.4 is 5.56 Å². The van der Waals surface area contributed by atoms with Crippen molar-refractivity contribution in [2.75, 3.05) is 0 Å². The van der Waals surface area contributed by atoms with Gasteiger partial charge < -0.3 is 0 Å². The van der Waals surface area contributed by atoms with E-state index in [-0.39, 0.29) is 5.56 Å². The number of hydrogen-bond donors (Lipinski definition) is 0. The van der Waals surface area contributed by atoms with Crippen LogP contribution in [0.2, 0.25) is 0 Å². The van der Waals surface area contributed by atoms with Crippen molar-refractivity contribution in [1.29, 1.82) is 0 Å². The summed E-state index contributed by atoms with van der Waals surface area (Å²) in [7, 11) is 0. The molecule has 0 aliphatic rings. The van der Waals surface area contributed by atoms with Crippen LogP contribution in [0.15, 0.2) is 29.1 Å². The number of aromatic nitrogens is 1. The minimum Gasteiger partial charge on any atom is -0.268 e. The first-order valence-corrected chi connectivity index (χ1v) is 7.62. The van der Waals surface area contributed by atoms with Crippen molar-refractivity contribution in [2.45, 2.75) is 46.1 Å². The zero-order chi connectivity index (χ0) is 13.0. The second kappa shape index (κ2) is 6.19. The highest BCUT2D eigenvalue weighted by molar-refractivity contribution is 7.13. The van der Waals surface area contributed by atoms with E-state index in [2.05, 4.69) is 13.8 Å². The Morgan fingerprint density at radius 2 is 2.06 bits per heavy atom. The molecule has 0 N–H and O–H groups in total. The zero-order valence-corrected chi connectivity index (χ0v) is 12.0. The molecule has 0 amide bonds. The Morgan fingerprint density at radius 1 is 1.28 bits per heavy atom. The molecule has 3 heteroatoms. The van der Waals surface area contributed by atoms with E-state index in [1.54, 1.807) is 11.5 Å². The van der Waals surface area contributed by atoms with Crippen LogP contribution in [-0.2, 0) is 6.54 Å². The van der Waals surface area contributed by atoms with Crippen LogP contribution in [0.3, 0.4) is 0 Å². The van der Waals surface area contributed by atoms with Gasteiger partial charge in [0, 0.05) is 6.54 Å². The lowest BCUT2D eigenvalue weighted by molar-refractivity contribution is 0.400. The van der Waals surface area contributed by atoms with E-state index in [0.717, 1.165) is 23.1 Å². The van der Waals surface area contributed by atoms with E-state index in [9.17, 15) is 4.79 Å². The fourth-order valence-corrected chi connectivity index (χ4v) is 3.39. The van der Waals surface area contributed by atoms with Crippen molar-refractivity contribution >= 4 is 21.6 Å².